The quantitative estimate of drug-likeness (QED) is 0.444. The minimum absolute atomic E-state index is 0.207. The summed E-state index contributed by atoms with van der Waals surface area (Å²) in [5.74, 6) is -1.00. The molecule has 6 nitrogen and oxygen atoms in total. The van der Waals surface area contributed by atoms with Crippen LogP contribution in [0.4, 0.5) is 0 Å². The van der Waals surface area contributed by atoms with Gasteiger partial charge in [0.05, 0.1) is 6.61 Å². The molecule has 0 aliphatic heterocycles. The van der Waals surface area contributed by atoms with Crippen molar-refractivity contribution in [3.8, 4) is 0 Å². The van der Waals surface area contributed by atoms with Gasteiger partial charge >= 0.3 is 13.1 Å². The van der Waals surface area contributed by atoms with Crippen LogP contribution < -0.4 is 10.8 Å². The van der Waals surface area contributed by atoms with Crippen LogP contribution in [0.15, 0.2) is 24.3 Å². The van der Waals surface area contributed by atoms with Crippen molar-refractivity contribution in [3.63, 3.8) is 0 Å². The molecular formula is C11H14BNO5. The molecule has 3 N–H and O–H groups in total. The zero-order chi connectivity index (χ0) is 13.5. The van der Waals surface area contributed by atoms with Gasteiger partial charge in [-0.3, -0.25) is 9.59 Å². The summed E-state index contributed by atoms with van der Waals surface area (Å²) in [4.78, 5) is 22.7. The van der Waals surface area contributed by atoms with Crippen LogP contribution in [0.2, 0.25) is 0 Å². The van der Waals surface area contributed by atoms with Crippen LogP contribution in [0.5, 0.6) is 0 Å². The molecule has 0 aromatic heterocycles. The van der Waals surface area contributed by atoms with E-state index >= 15 is 0 Å². The molecular weight excluding hydrogens is 237 g/mol. The second-order valence-corrected chi connectivity index (χ2v) is 3.49. The van der Waals surface area contributed by atoms with Crippen molar-refractivity contribution >= 4 is 24.5 Å². The van der Waals surface area contributed by atoms with Crippen LogP contribution in [0.25, 0.3) is 0 Å². The van der Waals surface area contributed by atoms with Gasteiger partial charge in [-0.1, -0.05) is 12.1 Å². The highest BCUT2D eigenvalue weighted by atomic mass is 16.5. The third-order valence-electron chi connectivity index (χ3n) is 2.15. The van der Waals surface area contributed by atoms with Gasteiger partial charge in [0, 0.05) is 5.56 Å². The summed E-state index contributed by atoms with van der Waals surface area (Å²) >= 11 is 0. The van der Waals surface area contributed by atoms with Gasteiger partial charge in [-0.25, -0.2) is 0 Å². The van der Waals surface area contributed by atoms with Crippen molar-refractivity contribution < 1.29 is 24.4 Å². The van der Waals surface area contributed by atoms with Crippen LogP contribution in [0, 0.1) is 0 Å². The van der Waals surface area contributed by atoms with Gasteiger partial charge in [0.2, 0.25) is 0 Å². The Labute approximate surface area is 105 Å². The topological polar surface area (TPSA) is 95.9 Å². The number of rotatable bonds is 5. The van der Waals surface area contributed by atoms with E-state index in [0.29, 0.717) is 0 Å². The van der Waals surface area contributed by atoms with Crippen molar-refractivity contribution in [2.75, 3.05) is 13.2 Å². The predicted octanol–water partition coefficient (Wildman–Crippen LogP) is -1.34. The first-order chi connectivity index (χ1) is 8.54. The van der Waals surface area contributed by atoms with Crippen molar-refractivity contribution in [2.45, 2.75) is 6.92 Å². The van der Waals surface area contributed by atoms with Crippen LogP contribution in [-0.4, -0.2) is 42.2 Å². The molecule has 0 saturated heterocycles. The van der Waals surface area contributed by atoms with Crippen molar-refractivity contribution in [3.05, 3.63) is 29.8 Å². The number of amides is 1. The SMILES string of the molecule is CCOC(=O)CNC(=O)c1cccc(B(O)O)c1. The van der Waals surface area contributed by atoms with Crippen molar-refractivity contribution in [2.24, 2.45) is 0 Å². The number of esters is 1. The third kappa shape index (κ3) is 4.19. The molecule has 0 atom stereocenters. The second kappa shape index (κ2) is 6.78. The Balaban J connectivity index is 2.61. The first-order valence-corrected chi connectivity index (χ1v) is 5.44. The van der Waals surface area contributed by atoms with Crippen molar-refractivity contribution in [1.29, 1.82) is 0 Å². The molecule has 0 aliphatic carbocycles. The Morgan fingerprint density at radius 3 is 2.72 bits per heavy atom. The first-order valence-electron chi connectivity index (χ1n) is 5.44. The molecule has 0 aliphatic rings. The standard InChI is InChI=1S/C11H14BNO5/c1-2-18-10(14)7-13-11(15)8-4-3-5-9(6-8)12(16)17/h3-6,16-17H,2,7H2,1H3,(H,13,15). The van der Waals surface area contributed by atoms with Crippen LogP contribution in [0.3, 0.4) is 0 Å². The molecule has 0 fully saturated rings. The van der Waals surface area contributed by atoms with Crippen LogP contribution in [-0.2, 0) is 9.53 Å². The molecule has 96 valence electrons. The highest BCUT2D eigenvalue weighted by Crippen LogP contribution is 1.97. The van der Waals surface area contributed by atoms with Gasteiger partial charge in [-0.15, -0.1) is 0 Å². The van der Waals surface area contributed by atoms with Gasteiger partial charge in [-0.05, 0) is 24.5 Å². The first kappa shape index (κ1) is 14.2. The van der Waals surface area contributed by atoms with E-state index in [1.165, 1.54) is 24.3 Å². The monoisotopic (exact) mass is 251 g/mol. The summed E-state index contributed by atoms with van der Waals surface area (Å²) in [6.07, 6.45) is 0. The number of hydrogen-bond donors (Lipinski definition) is 3. The summed E-state index contributed by atoms with van der Waals surface area (Å²) in [7, 11) is -1.64. The Morgan fingerprint density at radius 1 is 1.39 bits per heavy atom. The average Bonchev–Trinajstić information content (AvgIpc) is 2.36. The van der Waals surface area contributed by atoms with E-state index in [1.54, 1.807) is 6.92 Å². The lowest BCUT2D eigenvalue weighted by Crippen LogP contribution is -2.33. The highest BCUT2D eigenvalue weighted by Gasteiger charge is 2.14. The van der Waals surface area contributed by atoms with E-state index in [9.17, 15) is 9.59 Å². The summed E-state index contributed by atoms with van der Waals surface area (Å²) in [5, 5.41) is 20.3. The molecule has 0 unspecified atom stereocenters. The van der Waals surface area contributed by atoms with Gasteiger partial charge < -0.3 is 20.1 Å². The van der Waals surface area contributed by atoms with Gasteiger partial charge in [-0.2, -0.15) is 0 Å². The fraction of sp³-hybridized carbons (Fsp3) is 0.273. The maximum absolute atomic E-state index is 11.6. The van der Waals surface area contributed by atoms with E-state index in [1.807, 2.05) is 0 Å². The lowest BCUT2D eigenvalue weighted by molar-refractivity contribution is -0.141. The lowest BCUT2D eigenvalue weighted by Gasteiger charge is -2.06. The van der Waals surface area contributed by atoms with Crippen molar-refractivity contribution in [1.82, 2.24) is 5.32 Å². The molecule has 7 heteroatoms. The normalized spacial score (nSPS) is 9.72. The molecule has 18 heavy (non-hydrogen) atoms. The fourth-order valence-corrected chi connectivity index (χ4v) is 1.31. The number of ether oxygens (including phenoxy) is 1. The minimum Gasteiger partial charge on any atom is -0.465 e. The van der Waals surface area contributed by atoms with Crippen LogP contribution in [0.1, 0.15) is 17.3 Å². The van der Waals surface area contributed by atoms with Gasteiger partial charge in [0.1, 0.15) is 6.54 Å². The Hall–Kier alpha value is -1.86. The molecule has 0 spiro atoms. The maximum atomic E-state index is 11.6. The average molecular weight is 251 g/mol. The number of nitrogens with one attached hydrogen (secondary N) is 1. The zero-order valence-electron chi connectivity index (χ0n) is 9.92. The fourth-order valence-electron chi connectivity index (χ4n) is 1.31. The number of benzene rings is 1. The molecule has 0 saturated carbocycles. The molecule has 0 radical (unpaired) electrons. The molecule has 1 aromatic rings. The van der Waals surface area contributed by atoms with E-state index in [4.69, 9.17) is 10.0 Å². The lowest BCUT2D eigenvalue weighted by atomic mass is 9.79. The van der Waals surface area contributed by atoms with E-state index in [0.717, 1.165) is 0 Å². The summed E-state index contributed by atoms with van der Waals surface area (Å²) in [5.41, 5.74) is 0.448. The maximum Gasteiger partial charge on any atom is 0.488 e. The number of hydrogen-bond acceptors (Lipinski definition) is 5. The molecule has 1 aromatic carbocycles. The minimum atomic E-state index is -1.64. The summed E-state index contributed by atoms with van der Waals surface area (Å²) in [6, 6.07) is 5.85. The zero-order valence-corrected chi connectivity index (χ0v) is 9.92. The second-order valence-electron chi connectivity index (χ2n) is 3.49. The number of carbonyl (C=O) groups is 2. The molecule has 0 bridgehead atoms. The summed E-state index contributed by atoms with van der Waals surface area (Å²) in [6.45, 7) is 1.70. The van der Waals surface area contributed by atoms with Gasteiger partial charge in [0.15, 0.2) is 0 Å². The Bertz CT molecular complexity index is 435. The molecule has 0 heterocycles. The van der Waals surface area contributed by atoms with Gasteiger partial charge in [0.25, 0.3) is 5.91 Å². The van der Waals surface area contributed by atoms with E-state index < -0.39 is 19.0 Å². The molecule has 1 amide bonds. The largest absolute Gasteiger partial charge is 0.488 e. The Kier molecular flexibility index (Phi) is 5.35. The third-order valence-corrected chi connectivity index (χ3v) is 2.15. The van der Waals surface area contributed by atoms with E-state index in [-0.39, 0.29) is 24.2 Å². The summed E-state index contributed by atoms with van der Waals surface area (Å²) < 4.78 is 4.66. The smallest absolute Gasteiger partial charge is 0.465 e. The highest BCUT2D eigenvalue weighted by molar-refractivity contribution is 6.58. The van der Waals surface area contributed by atoms with Crippen LogP contribution >= 0.6 is 0 Å². The predicted molar refractivity (Wildman–Crippen MR) is 65.2 cm³/mol. The van der Waals surface area contributed by atoms with E-state index in [2.05, 4.69) is 10.1 Å². The molecule has 1 rings (SSSR count). The Morgan fingerprint density at radius 2 is 2.11 bits per heavy atom. The number of carbonyl (C=O) groups excluding carboxylic acids is 2.